The van der Waals surface area contributed by atoms with Gasteiger partial charge in [-0.25, -0.2) is 4.98 Å². The molecule has 2 saturated heterocycles. The summed E-state index contributed by atoms with van der Waals surface area (Å²) in [4.78, 5) is 24.4. The van der Waals surface area contributed by atoms with Crippen molar-refractivity contribution in [3.63, 3.8) is 0 Å². The van der Waals surface area contributed by atoms with E-state index in [1.807, 2.05) is 17.2 Å². The highest BCUT2D eigenvalue weighted by molar-refractivity contribution is 7.09. The number of thiazole rings is 1. The van der Waals surface area contributed by atoms with Crippen molar-refractivity contribution in [2.24, 2.45) is 11.8 Å². The summed E-state index contributed by atoms with van der Waals surface area (Å²) in [7, 11) is 0. The molecule has 0 saturated carbocycles. The van der Waals surface area contributed by atoms with E-state index in [2.05, 4.69) is 27.2 Å². The molecule has 2 unspecified atom stereocenters. The highest BCUT2D eigenvalue weighted by atomic mass is 32.1. The quantitative estimate of drug-likeness (QED) is 0.942. The van der Waals surface area contributed by atoms with E-state index >= 15 is 0 Å². The topological polar surface area (TPSA) is 52.2 Å². The molecule has 2 aliphatic heterocycles. The lowest BCUT2D eigenvalue weighted by atomic mass is 10.0. The van der Waals surface area contributed by atoms with Gasteiger partial charge in [0.05, 0.1) is 16.3 Å². The predicted octanol–water partition coefficient (Wildman–Crippen LogP) is 1.98. The van der Waals surface area contributed by atoms with Crippen LogP contribution < -0.4 is 0 Å². The summed E-state index contributed by atoms with van der Waals surface area (Å²) in [5.41, 5.74) is 1.96. The van der Waals surface area contributed by atoms with Crippen molar-refractivity contribution in [1.29, 1.82) is 0 Å². The summed E-state index contributed by atoms with van der Waals surface area (Å²) in [5, 5.41) is 3.29. The Morgan fingerprint density at radius 1 is 1.36 bits per heavy atom. The van der Waals surface area contributed by atoms with E-state index in [1.54, 1.807) is 17.5 Å². The molecule has 2 aliphatic rings. The zero-order valence-corrected chi connectivity index (χ0v) is 13.5. The van der Waals surface area contributed by atoms with Gasteiger partial charge in [-0.05, 0) is 24.8 Å². The summed E-state index contributed by atoms with van der Waals surface area (Å²) in [5.74, 6) is 1.39. The van der Waals surface area contributed by atoms with Crippen LogP contribution in [0, 0.1) is 18.8 Å². The van der Waals surface area contributed by atoms with Gasteiger partial charge in [0.2, 0.25) is 0 Å². The molecule has 2 fully saturated rings. The average molecular weight is 316 g/mol. The fourth-order valence-electron chi connectivity index (χ4n) is 3.73. The Hall–Kier alpha value is -1.66. The molecule has 0 radical (unpaired) electrons. The molecular weight excluding hydrogens is 296 g/mol. The van der Waals surface area contributed by atoms with E-state index in [0.717, 1.165) is 43.3 Å². The maximum Gasteiger partial charge on any atom is 0.255 e. The summed E-state index contributed by atoms with van der Waals surface area (Å²) in [6, 6.07) is 1.85. The molecule has 5 nitrogen and oxygen atoms in total. The number of nitrogens with zero attached hydrogens (tertiary/aromatic N) is 3. The number of amides is 1. The van der Waals surface area contributed by atoms with Crippen molar-refractivity contribution in [2.45, 2.75) is 13.5 Å². The summed E-state index contributed by atoms with van der Waals surface area (Å²) in [6.45, 7) is 6.94. The Kier molecular flexibility index (Phi) is 3.50. The zero-order chi connectivity index (χ0) is 15.1. The number of carbonyl (C=O) groups excluding carboxylic acids is 1. The smallest absolute Gasteiger partial charge is 0.255 e. The highest BCUT2D eigenvalue weighted by Crippen LogP contribution is 2.32. The van der Waals surface area contributed by atoms with Gasteiger partial charge in [0.1, 0.15) is 0 Å². The molecule has 2 aromatic rings. The van der Waals surface area contributed by atoms with Crippen LogP contribution in [-0.4, -0.2) is 51.9 Å². The molecule has 1 N–H and O–H groups in total. The number of H-pyrrole nitrogens is 1. The molecule has 22 heavy (non-hydrogen) atoms. The maximum atomic E-state index is 12.4. The van der Waals surface area contributed by atoms with Gasteiger partial charge in [0, 0.05) is 50.5 Å². The van der Waals surface area contributed by atoms with Crippen LogP contribution in [0.1, 0.15) is 21.1 Å². The monoisotopic (exact) mass is 316 g/mol. The third kappa shape index (κ3) is 2.57. The molecule has 4 heterocycles. The van der Waals surface area contributed by atoms with Gasteiger partial charge in [-0.1, -0.05) is 0 Å². The molecule has 1 amide bonds. The second-order valence-electron chi connectivity index (χ2n) is 6.38. The number of aryl methyl sites for hydroxylation is 1. The van der Waals surface area contributed by atoms with Crippen LogP contribution in [0.2, 0.25) is 0 Å². The zero-order valence-electron chi connectivity index (χ0n) is 12.7. The maximum absolute atomic E-state index is 12.4. The molecule has 0 spiro atoms. The largest absolute Gasteiger partial charge is 0.367 e. The number of aromatic amines is 1. The minimum atomic E-state index is 0.164. The van der Waals surface area contributed by atoms with E-state index in [4.69, 9.17) is 0 Å². The third-order valence-corrected chi connectivity index (χ3v) is 5.57. The molecule has 4 rings (SSSR count). The third-order valence-electron chi connectivity index (χ3n) is 4.75. The van der Waals surface area contributed by atoms with Gasteiger partial charge in [-0.2, -0.15) is 0 Å². The fraction of sp³-hybridized carbons (Fsp3) is 0.500. The van der Waals surface area contributed by atoms with Crippen LogP contribution >= 0.6 is 11.3 Å². The van der Waals surface area contributed by atoms with E-state index in [-0.39, 0.29) is 5.91 Å². The summed E-state index contributed by atoms with van der Waals surface area (Å²) >= 11 is 1.72. The number of hydrogen-bond acceptors (Lipinski definition) is 4. The standard InChI is InChI=1S/C16H20N4OS/c1-11-18-15(10-22-11)9-19-5-13-7-20(8-14(13)6-19)16(21)12-2-3-17-4-12/h2-4,10,13-14,17H,5-9H2,1H3. The second kappa shape index (κ2) is 5.52. The normalized spacial score (nSPS) is 24.9. The number of nitrogens with one attached hydrogen (secondary N) is 1. The lowest BCUT2D eigenvalue weighted by Gasteiger charge is -2.20. The van der Waals surface area contributed by atoms with Crippen molar-refractivity contribution in [1.82, 2.24) is 19.8 Å². The fourth-order valence-corrected chi connectivity index (χ4v) is 4.34. The Bertz CT molecular complexity index is 652. The Labute approximate surface area is 134 Å². The lowest BCUT2D eigenvalue weighted by molar-refractivity contribution is 0.0773. The molecule has 0 bridgehead atoms. The molecule has 0 aromatic carbocycles. The van der Waals surface area contributed by atoms with Gasteiger partial charge in [-0.3, -0.25) is 9.69 Å². The molecule has 2 aromatic heterocycles. The first-order valence-electron chi connectivity index (χ1n) is 7.74. The number of rotatable bonds is 3. The number of fused-ring (bicyclic) bond motifs is 1. The average Bonchev–Trinajstić information content (AvgIpc) is 3.21. The minimum absolute atomic E-state index is 0.164. The predicted molar refractivity (Wildman–Crippen MR) is 85.8 cm³/mol. The van der Waals surface area contributed by atoms with E-state index in [1.165, 1.54) is 5.69 Å². The van der Waals surface area contributed by atoms with E-state index < -0.39 is 0 Å². The number of aromatic nitrogens is 2. The number of carbonyl (C=O) groups is 1. The molecule has 6 heteroatoms. The van der Waals surface area contributed by atoms with Crippen LogP contribution in [-0.2, 0) is 6.54 Å². The first kappa shape index (κ1) is 14.0. The molecule has 2 atom stereocenters. The van der Waals surface area contributed by atoms with Crippen LogP contribution in [0.3, 0.4) is 0 Å². The minimum Gasteiger partial charge on any atom is -0.367 e. The molecule has 116 valence electrons. The summed E-state index contributed by atoms with van der Waals surface area (Å²) in [6.07, 6.45) is 3.59. The van der Waals surface area contributed by atoms with Gasteiger partial charge < -0.3 is 9.88 Å². The van der Waals surface area contributed by atoms with Crippen LogP contribution in [0.5, 0.6) is 0 Å². The SMILES string of the molecule is Cc1nc(CN2CC3CN(C(=O)c4cc[nH]c4)CC3C2)cs1. The Morgan fingerprint density at radius 3 is 2.73 bits per heavy atom. The van der Waals surface area contributed by atoms with E-state index in [9.17, 15) is 4.79 Å². The molecule has 0 aliphatic carbocycles. The van der Waals surface area contributed by atoms with Crippen molar-refractivity contribution in [3.05, 3.63) is 40.1 Å². The van der Waals surface area contributed by atoms with Crippen LogP contribution in [0.4, 0.5) is 0 Å². The van der Waals surface area contributed by atoms with Gasteiger partial charge in [-0.15, -0.1) is 11.3 Å². The Balaban J connectivity index is 1.35. The number of likely N-dealkylation sites (tertiary alicyclic amines) is 2. The van der Waals surface area contributed by atoms with Crippen molar-refractivity contribution in [3.8, 4) is 0 Å². The van der Waals surface area contributed by atoms with Gasteiger partial charge in [0.25, 0.3) is 5.91 Å². The van der Waals surface area contributed by atoms with Gasteiger partial charge in [0.15, 0.2) is 0 Å². The first-order valence-corrected chi connectivity index (χ1v) is 8.62. The molecular formula is C16H20N4OS. The highest BCUT2D eigenvalue weighted by Gasteiger charge is 2.41. The second-order valence-corrected chi connectivity index (χ2v) is 7.44. The van der Waals surface area contributed by atoms with Crippen molar-refractivity contribution >= 4 is 17.2 Å². The van der Waals surface area contributed by atoms with Gasteiger partial charge >= 0.3 is 0 Å². The summed E-state index contributed by atoms with van der Waals surface area (Å²) < 4.78 is 0. The first-order chi connectivity index (χ1) is 10.7. The van der Waals surface area contributed by atoms with Crippen molar-refractivity contribution < 1.29 is 4.79 Å². The van der Waals surface area contributed by atoms with E-state index in [0.29, 0.717) is 11.8 Å². The van der Waals surface area contributed by atoms with Crippen LogP contribution in [0.15, 0.2) is 23.8 Å². The Morgan fingerprint density at radius 2 is 2.14 bits per heavy atom. The number of hydrogen-bond donors (Lipinski definition) is 1. The lowest BCUT2D eigenvalue weighted by Crippen LogP contribution is -2.33. The van der Waals surface area contributed by atoms with Crippen molar-refractivity contribution in [2.75, 3.05) is 26.2 Å². The van der Waals surface area contributed by atoms with Crippen LogP contribution in [0.25, 0.3) is 0 Å².